The lowest BCUT2D eigenvalue weighted by Crippen LogP contribution is -2.27. The zero-order chi connectivity index (χ0) is 19.4. The first-order chi connectivity index (χ1) is 13.6. The van der Waals surface area contributed by atoms with Crippen LogP contribution in [0.5, 0.6) is 11.5 Å². The first kappa shape index (κ1) is 17.3. The number of fused-ring (bicyclic) bond motifs is 6. The Morgan fingerprint density at radius 1 is 1.04 bits per heavy atom. The molecule has 1 N–H and O–H groups in total. The lowest BCUT2D eigenvalue weighted by molar-refractivity contribution is 0.0221. The molecule has 3 heterocycles. The highest BCUT2D eigenvalue weighted by Gasteiger charge is 2.43. The van der Waals surface area contributed by atoms with Crippen molar-refractivity contribution < 1.29 is 14.2 Å². The van der Waals surface area contributed by atoms with Gasteiger partial charge >= 0.3 is 0 Å². The van der Waals surface area contributed by atoms with Gasteiger partial charge in [0.25, 0.3) is 0 Å². The maximum atomic E-state index is 13.3. The molecule has 5 rings (SSSR count). The SMILES string of the molecule is COc1ccccc1C1c2ccc3[nH]c(C)c(OC)c(=O)c3c2C2CCC1O2. The van der Waals surface area contributed by atoms with Crippen LogP contribution < -0.4 is 14.9 Å². The molecular formula is C23H23NO4. The van der Waals surface area contributed by atoms with E-state index < -0.39 is 0 Å². The normalized spacial score (nSPS) is 22.9. The van der Waals surface area contributed by atoms with Gasteiger partial charge in [-0.15, -0.1) is 0 Å². The number of para-hydroxylation sites is 1. The third-order valence-electron chi connectivity index (χ3n) is 6.13. The molecule has 1 aromatic heterocycles. The van der Waals surface area contributed by atoms with Crippen LogP contribution >= 0.6 is 0 Å². The molecule has 5 heteroatoms. The Morgan fingerprint density at radius 2 is 1.86 bits per heavy atom. The number of methoxy groups -OCH3 is 2. The van der Waals surface area contributed by atoms with E-state index in [9.17, 15) is 4.79 Å². The molecule has 2 aliphatic rings. The smallest absolute Gasteiger partial charge is 0.231 e. The lowest BCUT2D eigenvalue weighted by Gasteiger charge is -2.34. The summed E-state index contributed by atoms with van der Waals surface area (Å²) in [6.45, 7) is 1.86. The second-order valence-electron chi connectivity index (χ2n) is 7.56. The molecule has 5 nitrogen and oxygen atoms in total. The molecule has 2 bridgehead atoms. The number of rotatable bonds is 3. The molecule has 3 atom stereocenters. The van der Waals surface area contributed by atoms with Crippen LogP contribution in [0, 0.1) is 6.92 Å². The molecule has 0 amide bonds. The molecule has 2 aliphatic heterocycles. The van der Waals surface area contributed by atoms with E-state index in [0.717, 1.165) is 46.5 Å². The number of pyridine rings is 1. The van der Waals surface area contributed by atoms with E-state index in [-0.39, 0.29) is 23.6 Å². The largest absolute Gasteiger partial charge is 0.496 e. The molecule has 3 aromatic rings. The van der Waals surface area contributed by atoms with Gasteiger partial charge in [-0.1, -0.05) is 24.3 Å². The van der Waals surface area contributed by atoms with E-state index in [1.807, 2.05) is 31.2 Å². The quantitative estimate of drug-likeness (QED) is 0.742. The van der Waals surface area contributed by atoms with E-state index in [2.05, 4.69) is 17.1 Å². The van der Waals surface area contributed by atoms with Crippen LogP contribution in [0.2, 0.25) is 0 Å². The predicted octanol–water partition coefficient (Wildman–Crippen LogP) is 4.22. The van der Waals surface area contributed by atoms with Crippen LogP contribution in [0.15, 0.2) is 41.2 Å². The predicted molar refractivity (Wildman–Crippen MR) is 108 cm³/mol. The number of hydrogen-bond acceptors (Lipinski definition) is 4. The maximum absolute atomic E-state index is 13.3. The van der Waals surface area contributed by atoms with Crippen LogP contribution in [-0.2, 0) is 4.74 Å². The van der Waals surface area contributed by atoms with Gasteiger partial charge in [-0.2, -0.15) is 0 Å². The van der Waals surface area contributed by atoms with Crippen LogP contribution in [0.25, 0.3) is 10.9 Å². The van der Waals surface area contributed by atoms with E-state index >= 15 is 0 Å². The zero-order valence-electron chi connectivity index (χ0n) is 16.2. The van der Waals surface area contributed by atoms with Crippen LogP contribution in [0.4, 0.5) is 0 Å². The minimum Gasteiger partial charge on any atom is -0.496 e. The molecule has 0 spiro atoms. The van der Waals surface area contributed by atoms with Gasteiger partial charge < -0.3 is 19.2 Å². The lowest BCUT2D eigenvalue weighted by atomic mass is 9.81. The van der Waals surface area contributed by atoms with Gasteiger partial charge in [0.05, 0.1) is 43.0 Å². The molecule has 2 aromatic carbocycles. The van der Waals surface area contributed by atoms with Gasteiger partial charge in [0.15, 0.2) is 5.75 Å². The minimum atomic E-state index is -0.0710. The highest BCUT2D eigenvalue weighted by Crippen LogP contribution is 2.52. The second-order valence-corrected chi connectivity index (χ2v) is 7.56. The average Bonchev–Trinajstić information content (AvgIpc) is 3.12. The van der Waals surface area contributed by atoms with Gasteiger partial charge in [0.2, 0.25) is 5.43 Å². The molecule has 0 saturated carbocycles. The Balaban J connectivity index is 1.83. The minimum absolute atomic E-state index is 0.0426. The van der Waals surface area contributed by atoms with Crippen molar-refractivity contribution in [3.8, 4) is 11.5 Å². The Hall–Kier alpha value is -2.79. The number of hydrogen-bond donors (Lipinski definition) is 1. The van der Waals surface area contributed by atoms with E-state index in [0.29, 0.717) is 11.1 Å². The summed E-state index contributed by atoms with van der Waals surface area (Å²) in [4.78, 5) is 16.6. The number of nitrogens with one attached hydrogen (secondary N) is 1. The Morgan fingerprint density at radius 3 is 2.64 bits per heavy atom. The Labute approximate surface area is 163 Å². The van der Waals surface area contributed by atoms with Crippen molar-refractivity contribution >= 4 is 10.9 Å². The van der Waals surface area contributed by atoms with Crippen molar-refractivity contribution in [1.29, 1.82) is 0 Å². The molecule has 3 unspecified atom stereocenters. The van der Waals surface area contributed by atoms with Gasteiger partial charge in [-0.05, 0) is 43.0 Å². The van der Waals surface area contributed by atoms with Crippen molar-refractivity contribution in [2.45, 2.75) is 37.9 Å². The first-order valence-electron chi connectivity index (χ1n) is 9.65. The number of aromatic amines is 1. The van der Waals surface area contributed by atoms with Crippen molar-refractivity contribution in [3.63, 3.8) is 0 Å². The first-order valence-corrected chi connectivity index (χ1v) is 9.65. The molecule has 28 heavy (non-hydrogen) atoms. The number of ether oxygens (including phenoxy) is 3. The van der Waals surface area contributed by atoms with E-state index in [1.165, 1.54) is 0 Å². The molecular weight excluding hydrogens is 354 g/mol. The summed E-state index contributed by atoms with van der Waals surface area (Å²) >= 11 is 0. The summed E-state index contributed by atoms with van der Waals surface area (Å²) in [7, 11) is 3.23. The fourth-order valence-corrected chi connectivity index (χ4v) is 5.00. The van der Waals surface area contributed by atoms with Crippen molar-refractivity contribution in [3.05, 3.63) is 69.0 Å². The molecule has 144 valence electrons. The summed E-state index contributed by atoms with van der Waals surface area (Å²) in [6, 6.07) is 12.2. The summed E-state index contributed by atoms with van der Waals surface area (Å²) < 4.78 is 17.4. The number of aromatic nitrogens is 1. The van der Waals surface area contributed by atoms with Gasteiger partial charge in [0, 0.05) is 11.5 Å². The standard InChI is InChI=1S/C23H23NO4/c1-12-23(27-3)22(25)21-15(24-12)9-8-14-19(13-6-4-5-7-16(13)26-2)17-10-11-18(28-17)20(14)21/h4-9,17-19H,10-11H2,1-3H3,(H,24,25). The third kappa shape index (κ3) is 2.32. The summed E-state index contributed by atoms with van der Waals surface area (Å²) in [6.07, 6.45) is 1.92. The third-order valence-corrected chi connectivity index (χ3v) is 6.13. The van der Waals surface area contributed by atoms with Crippen LogP contribution in [0.3, 0.4) is 0 Å². The van der Waals surface area contributed by atoms with Crippen LogP contribution in [0.1, 0.15) is 47.2 Å². The molecule has 0 aliphatic carbocycles. The number of aryl methyl sites for hydroxylation is 1. The van der Waals surface area contributed by atoms with Crippen molar-refractivity contribution in [2.24, 2.45) is 0 Å². The zero-order valence-corrected chi connectivity index (χ0v) is 16.2. The topological polar surface area (TPSA) is 60.5 Å². The Kier molecular flexibility index (Phi) is 3.95. The highest BCUT2D eigenvalue weighted by molar-refractivity contribution is 5.86. The molecule has 0 radical (unpaired) electrons. The highest BCUT2D eigenvalue weighted by atomic mass is 16.5. The monoisotopic (exact) mass is 377 g/mol. The Bertz CT molecular complexity index is 1130. The van der Waals surface area contributed by atoms with Crippen molar-refractivity contribution in [2.75, 3.05) is 14.2 Å². The summed E-state index contributed by atoms with van der Waals surface area (Å²) in [5.74, 6) is 1.26. The fourth-order valence-electron chi connectivity index (χ4n) is 5.00. The maximum Gasteiger partial charge on any atom is 0.231 e. The van der Waals surface area contributed by atoms with Gasteiger partial charge in [0.1, 0.15) is 5.75 Å². The summed E-state index contributed by atoms with van der Waals surface area (Å²) in [5.41, 5.74) is 4.76. The second kappa shape index (κ2) is 6.38. The average molecular weight is 377 g/mol. The number of H-pyrrole nitrogens is 1. The number of benzene rings is 2. The molecule has 1 saturated heterocycles. The van der Waals surface area contributed by atoms with Crippen LogP contribution in [-0.4, -0.2) is 25.3 Å². The van der Waals surface area contributed by atoms with E-state index in [4.69, 9.17) is 14.2 Å². The summed E-state index contributed by atoms with van der Waals surface area (Å²) in [5, 5.41) is 0.685. The fraction of sp³-hybridized carbons (Fsp3) is 0.348. The van der Waals surface area contributed by atoms with Gasteiger partial charge in [-0.3, -0.25) is 4.79 Å². The molecule has 1 fully saturated rings. The van der Waals surface area contributed by atoms with Crippen molar-refractivity contribution in [1.82, 2.24) is 4.98 Å². The van der Waals surface area contributed by atoms with Gasteiger partial charge in [-0.25, -0.2) is 0 Å². The van der Waals surface area contributed by atoms with E-state index in [1.54, 1.807) is 14.2 Å².